The molecule has 5 heterocycles. The van der Waals surface area contributed by atoms with Crippen molar-refractivity contribution in [3.8, 4) is 17.2 Å². The fourth-order valence-electron chi connectivity index (χ4n) is 7.82. The zero-order valence-electron chi connectivity index (χ0n) is 27.3. The molecule has 2 aromatic carbocycles. The summed E-state index contributed by atoms with van der Waals surface area (Å²) in [6.07, 6.45) is -1.35. The quantitative estimate of drug-likeness (QED) is 0.194. The Labute approximate surface area is 288 Å². The Balaban J connectivity index is 1.32. The molecule has 3 aliphatic heterocycles. The zero-order chi connectivity index (χ0) is 35.4. The average Bonchev–Trinajstić information content (AvgIpc) is 3.76. The second-order valence-electron chi connectivity index (χ2n) is 14.1. The Kier molecular flexibility index (Phi) is 7.33. The highest BCUT2D eigenvalue weighted by Gasteiger charge is 2.55. The highest BCUT2D eigenvalue weighted by molar-refractivity contribution is 7.23. The largest absolute Gasteiger partial charge is 0.417 e. The molecule has 0 unspecified atom stereocenters. The first-order valence-electron chi connectivity index (χ1n) is 16.4. The van der Waals surface area contributed by atoms with Gasteiger partial charge in [-0.15, -0.1) is 11.3 Å². The van der Waals surface area contributed by atoms with E-state index in [1.165, 1.54) is 18.9 Å². The lowest BCUT2D eigenvalue weighted by Gasteiger charge is -2.52. The van der Waals surface area contributed by atoms with E-state index in [1.807, 2.05) is 24.8 Å². The summed E-state index contributed by atoms with van der Waals surface area (Å²) in [6.45, 7) is 10.9. The Hall–Kier alpha value is -4.55. The van der Waals surface area contributed by atoms with Crippen molar-refractivity contribution in [3.05, 3.63) is 53.6 Å². The van der Waals surface area contributed by atoms with Gasteiger partial charge in [0.25, 0.3) is 0 Å². The normalized spacial score (nSPS) is 22.2. The molecule has 9 nitrogen and oxygen atoms in total. The lowest BCUT2D eigenvalue weighted by molar-refractivity contribution is -0.137. The first-order valence-corrected chi connectivity index (χ1v) is 17.3. The molecule has 4 fully saturated rings. The third-order valence-corrected chi connectivity index (χ3v) is 11.8. The van der Waals surface area contributed by atoms with E-state index in [-0.39, 0.29) is 80.0 Å². The number of aromatic nitrogens is 2. The molecule has 4 aliphatic rings. The van der Waals surface area contributed by atoms with Crippen molar-refractivity contribution in [2.45, 2.75) is 51.0 Å². The number of nitrogen functional groups attached to an aromatic ring is 1. The number of hydrogen-bond acceptors (Lipinski definition) is 9. The van der Waals surface area contributed by atoms with Crippen LogP contribution in [0.15, 0.2) is 30.9 Å². The fraction of sp³-hybridized carbons (Fsp3) is 0.429. The number of piperazine rings is 1. The summed E-state index contributed by atoms with van der Waals surface area (Å²) < 4.78 is 77.1. The van der Waals surface area contributed by atoms with E-state index >= 15 is 17.6 Å². The minimum atomic E-state index is -5.07. The molecule has 1 spiro atoms. The number of anilines is 3. The van der Waals surface area contributed by atoms with E-state index < -0.39 is 35.0 Å². The van der Waals surface area contributed by atoms with Crippen LogP contribution < -0.4 is 15.5 Å². The average molecular weight is 709 g/mol. The topological polar surface area (TPSA) is 106 Å². The number of nitrogens with zero attached hydrogens (tertiary/aromatic N) is 7. The van der Waals surface area contributed by atoms with Gasteiger partial charge in [-0.1, -0.05) is 12.6 Å². The third kappa shape index (κ3) is 4.98. The predicted octanol–water partition coefficient (Wildman–Crippen LogP) is 6.16. The van der Waals surface area contributed by atoms with Crippen LogP contribution in [0.4, 0.5) is 38.7 Å². The predicted molar refractivity (Wildman–Crippen MR) is 182 cm³/mol. The molecular weight excluding hydrogens is 675 g/mol. The van der Waals surface area contributed by atoms with Gasteiger partial charge < -0.3 is 20.4 Å². The number of likely N-dealkylation sites (tertiary alicyclic amines) is 1. The number of benzene rings is 2. The van der Waals surface area contributed by atoms with Gasteiger partial charge in [-0.05, 0) is 55.9 Å². The van der Waals surface area contributed by atoms with Gasteiger partial charge in [-0.3, -0.25) is 9.69 Å². The molecule has 2 N–H and O–H groups in total. The highest BCUT2D eigenvalue weighted by Crippen LogP contribution is 2.54. The summed E-state index contributed by atoms with van der Waals surface area (Å²) in [6, 6.07) is 4.21. The molecule has 1 aliphatic carbocycles. The van der Waals surface area contributed by atoms with Crippen LogP contribution in [-0.2, 0) is 11.0 Å². The number of nitriles is 1. The highest BCUT2D eigenvalue weighted by atomic mass is 32.1. The molecule has 2 aromatic heterocycles. The monoisotopic (exact) mass is 708 g/mol. The van der Waals surface area contributed by atoms with Crippen LogP contribution in [0.25, 0.3) is 32.1 Å². The number of halogens is 5. The van der Waals surface area contributed by atoms with Gasteiger partial charge in [0.05, 0.1) is 15.8 Å². The number of thiophene rings is 1. The van der Waals surface area contributed by atoms with Crippen molar-refractivity contribution in [1.82, 2.24) is 19.8 Å². The number of fused-ring (bicyclic) bond motifs is 2. The lowest BCUT2D eigenvalue weighted by atomic mass is 9.92. The fourth-order valence-corrected chi connectivity index (χ4v) is 8.77. The van der Waals surface area contributed by atoms with Crippen LogP contribution in [0.2, 0.25) is 0 Å². The van der Waals surface area contributed by atoms with Gasteiger partial charge in [0.2, 0.25) is 11.9 Å². The van der Waals surface area contributed by atoms with Gasteiger partial charge >= 0.3 is 6.18 Å². The van der Waals surface area contributed by atoms with Crippen molar-refractivity contribution in [2.75, 3.05) is 54.8 Å². The third-order valence-electron chi connectivity index (χ3n) is 10.8. The standard InChI is InChI=1S/C35H33F5N8OS/c1-4-25(49)47-11-18(3)48(12-17(47)2)32-21-9-23(35(38,39)40)27(20-5-6-24(36)30-26(20)22(10-41)31(42)50-30)28(37)29(21)43-33(44-32)45-13-19(14-45)46-15-34(16-46)7-8-34/h4-6,9,17-19H,1,7-8,11-16,42H2,2-3H3/t17-,18+/m1/s1. The maximum atomic E-state index is 17.2. The molecule has 1 amide bonds. The summed E-state index contributed by atoms with van der Waals surface area (Å²) in [4.78, 5) is 29.7. The smallest absolute Gasteiger partial charge is 0.389 e. The van der Waals surface area contributed by atoms with Gasteiger partial charge in [0.1, 0.15) is 28.2 Å². The van der Waals surface area contributed by atoms with E-state index in [1.54, 1.807) is 9.80 Å². The first kappa shape index (κ1) is 32.6. The Morgan fingerprint density at radius 3 is 2.48 bits per heavy atom. The van der Waals surface area contributed by atoms with Gasteiger partial charge in [0.15, 0.2) is 5.82 Å². The number of hydrogen-bond donors (Lipinski definition) is 1. The van der Waals surface area contributed by atoms with Crippen LogP contribution in [0, 0.1) is 28.4 Å². The summed E-state index contributed by atoms with van der Waals surface area (Å²) in [5.74, 6) is -2.02. The maximum absolute atomic E-state index is 17.2. The second kappa shape index (κ2) is 11.2. The van der Waals surface area contributed by atoms with Crippen LogP contribution in [-0.4, -0.2) is 83.1 Å². The Morgan fingerprint density at radius 1 is 1.12 bits per heavy atom. The van der Waals surface area contributed by atoms with E-state index in [2.05, 4.69) is 16.5 Å². The van der Waals surface area contributed by atoms with Crippen molar-refractivity contribution < 1.29 is 26.7 Å². The Morgan fingerprint density at radius 2 is 1.84 bits per heavy atom. The van der Waals surface area contributed by atoms with Crippen LogP contribution in [0.5, 0.6) is 0 Å². The summed E-state index contributed by atoms with van der Waals surface area (Å²) in [5.41, 5.74) is 3.41. The number of amides is 1. The molecule has 0 bridgehead atoms. The minimum absolute atomic E-state index is 0.0881. The van der Waals surface area contributed by atoms with Crippen molar-refractivity contribution in [2.24, 2.45) is 5.41 Å². The Bertz CT molecular complexity index is 2140. The van der Waals surface area contributed by atoms with Gasteiger partial charge in [-0.25, -0.2) is 13.8 Å². The van der Waals surface area contributed by atoms with Gasteiger partial charge in [0, 0.05) is 73.7 Å². The molecule has 8 rings (SSSR count). The van der Waals surface area contributed by atoms with E-state index in [0.717, 1.165) is 31.3 Å². The minimum Gasteiger partial charge on any atom is -0.389 e. The molecule has 15 heteroatoms. The molecule has 260 valence electrons. The summed E-state index contributed by atoms with van der Waals surface area (Å²) in [7, 11) is 0. The number of nitrogens with two attached hydrogens (primary N) is 1. The SMILES string of the molecule is C=CC(=O)N1C[C@H](C)N(c2nc(N3CC(N4CC5(CC5)C4)C3)nc3c(F)c(-c4ccc(F)c5sc(N)c(C#N)c45)c(C(F)(F)F)cc23)C[C@H]1C. The van der Waals surface area contributed by atoms with E-state index in [4.69, 9.17) is 10.7 Å². The molecular formula is C35H33F5N8OS. The molecule has 3 saturated heterocycles. The number of rotatable bonds is 5. The summed E-state index contributed by atoms with van der Waals surface area (Å²) in [5, 5.41) is 9.43. The molecule has 1 saturated carbocycles. The van der Waals surface area contributed by atoms with Crippen molar-refractivity contribution in [1.29, 1.82) is 5.26 Å². The summed E-state index contributed by atoms with van der Waals surface area (Å²) >= 11 is 0.716. The lowest BCUT2D eigenvalue weighted by Crippen LogP contribution is -2.66. The maximum Gasteiger partial charge on any atom is 0.417 e. The van der Waals surface area contributed by atoms with Crippen LogP contribution >= 0.6 is 11.3 Å². The molecule has 0 radical (unpaired) electrons. The number of carbonyl (C=O) groups excluding carboxylic acids is 1. The van der Waals surface area contributed by atoms with Crippen LogP contribution in [0.1, 0.15) is 37.8 Å². The first-order chi connectivity index (χ1) is 23.7. The van der Waals surface area contributed by atoms with Crippen molar-refractivity contribution >= 4 is 55.0 Å². The zero-order valence-corrected chi connectivity index (χ0v) is 28.1. The van der Waals surface area contributed by atoms with E-state index in [0.29, 0.717) is 29.8 Å². The number of alkyl halides is 3. The second-order valence-corrected chi connectivity index (χ2v) is 15.2. The van der Waals surface area contributed by atoms with E-state index in [9.17, 15) is 14.4 Å². The molecule has 4 aromatic rings. The molecule has 2 atom stereocenters. The van der Waals surface area contributed by atoms with Gasteiger partial charge in [-0.2, -0.15) is 23.4 Å². The van der Waals surface area contributed by atoms with Crippen molar-refractivity contribution in [3.63, 3.8) is 0 Å². The van der Waals surface area contributed by atoms with Crippen LogP contribution in [0.3, 0.4) is 0 Å². The molecule has 50 heavy (non-hydrogen) atoms. The number of carbonyl (C=O) groups is 1.